The zero-order valence-corrected chi connectivity index (χ0v) is 18.2. The van der Waals surface area contributed by atoms with Crippen LogP contribution in [0.5, 0.6) is 5.75 Å². The minimum atomic E-state index is -0.608. The largest absolute Gasteiger partial charge is 0.482 e. The maximum atomic E-state index is 12.3. The van der Waals surface area contributed by atoms with Gasteiger partial charge < -0.3 is 14.8 Å². The molecule has 2 aromatic carbocycles. The van der Waals surface area contributed by atoms with Gasteiger partial charge in [-0.3, -0.25) is 9.59 Å². The van der Waals surface area contributed by atoms with Crippen molar-refractivity contribution in [3.05, 3.63) is 65.2 Å². The molecule has 0 aliphatic heterocycles. The molecule has 0 saturated carbocycles. The molecular weight excluding hydrogens is 382 g/mol. The molecule has 0 aliphatic carbocycles. The summed E-state index contributed by atoms with van der Waals surface area (Å²) in [6.45, 7) is 8.88. The fourth-order valence-electron chi connectivity index (χ4n) is 2.97. The van der Waals surface area contributed by atoms with Crippen LogP contribution in [0.3, 0.4) is 0 Å². The molecule has 0 spiro atoms. The monoisotopic (exact) mass is 411 g/mol. The van der Waals surface area contributed by atoms with E-state index in [0.29, 0.717) is 11.3 Å². The van der Waals surface area contributed by atoms with Crippen LogP contribution in [0.2, 0.25) is 0 Å². The van der Waals surface area contributed by atoms with Gasteiger partial charge in [0.15, 0.2) is 19.0 Å². The number of benzene rings is 2. The van der Waals surface area contributed by atoms with Crippen LogP contribution >= 0.6 is 0 Å². The first-order chi connectivity index (χ1) is 14.1. The summed E-state index contributed by atoms with van der Waals surface area (Å²) >= 11 is 0. The molecule has 1 atom stereocenters. The summed E-state index contributed by atoms with van der Waals surface area (Å²) in [5.74, 6) is -0.417. The van der Waals surface area contributed by atoms with Crippen LogP contribution in [0.1, 0.15) is 62.1 Å². The first-order valence-electron chi connectivity index (χ1n) is 9.86. The molecule has 6 heteroatoms. The van der Waals surface area contributed by atoms with Crippen LogP contribution in [0.15, 0.2) is 48.5 Å². The summed E-state index contributed by atoms with van der Waals surface area (Å²) in [6, 6.07) is 14.2. The number of carbonyl (C=O) groups excluding carboxylic acids is 3. The van der Waals surface area contributed by atoms with E-state index in [4.69, 9.17) is 9.47 Å². The quantitative estimate of drug-likeness (QED) is 0.525. The van der Waals surface area contributed by atoms with Crippen LogP contribution < -0.4 is 10.1 Å². The molecule has 2 aromatic rings. The molecule has 0 fully saturated rings. The van der Waals surface area contributed by atoms with Gasteiger partial charge in [-0.2, -0.15) is 0 Å². The minimum absolute atomic E-state index is 0.123. The Balaban J connectivity index is 1.87. The van der Waals surface area contributed by atoms with Crippen molar-refractivity contribution < 1.29 is 23.9 Å². The summed E-state index contributed by atoms with van der Waals surface area (Å²) in [6.07, 6.45) is 0. The number of esters is 1. The number of hydrogen-bond donors (Lipinski definition) is 1. The summed E-state index contributed by atoms with van der Waals surface area (Å²) in [5, 5.41) is 2.78. The summed E-state index contributed by atoms with van der Waals surface area (Å²) in [4.78, 5) is 35.4. The third kappa shape index (κ3) is 6.72. The molecule has 0 aromatic heterocycles. The number of nitrogens with one attached hydrogen (secondary N) is 1. The minimum Gasteiger partial charge on any atom is -0.482 e. The third-order valence-electron chi connectivity index (χ3n) is 4.56. The first kappa shape index (κ1) is 23.1. The number of carbonyl (C=O) groups is 3. The molecular formula is C24H29NO5. The van der Waals surface area contributed by atoms with Gasteiger partial charge in [-0.05, 0) is 29.5 Å². The highest BCUT2D eigenvalue weighted by molar-refractivity contribution is 5.98. The SMILES string of the molecule is CC(=O)N[C@H](C)c1ccc(C(=O)COC(=O)COc2ccccc2C(C)(C)C)cc1. The van der Waals surface area contributed by atoms with E-state index in [1.54, 1.807) is 24.3 Å². The Kier molecular flexibility index (Phi) is 7.75. The van der Waals surface area contributed by atoms with Gasteiger partial charge in [-0.15, -0.1) is 0 Å². The highest BCUT2D eigenvalue weighted by Gasteiger charge is 2.19. The maximum Gasteiger partial charge on any atom is 0.344 e. The van der Waals surface area contributed by atoms with Gasteiger partial charge in [0, 0.05) is 12.5 Å². The number of hydrogen-bond acceptors (Lipinski definition) is 5. The number of rotatable bonds is 8. The first-order valence-corrected chi connectivity index (χ1v) is 9.86. The van der Waals surface area contributed by atoms with Crippen LogP contribution in [0.4, 0.5) is 0 Å². The van der Waals surface area contributed by atoms with Crippen molar-refractivity contribution in [1.82, 2.24) is 5.32 Å². The van der Waals surface area contributed by atoms with Gasteiger partial charge in [0.2, 0.25) is 5.91 Å². The van der Waals surface area contributed by atoms with E-state index in [0.717, 1.165) is 11.1 Å². The average Bonchev–Trinajstić information content (AvgIpc) is 2.69. The van der Waals surface area contributed by atoms with E-state index < -0.39 is 5.97 Å². The number of ether oxygens (including phenoxy) is 2. The van der Waals surface area contributed by atoms with Crippen molar-refractivity contribution >= 4 is 17.7 Å². The molecule has 0 saturated heterocycles. The Morgan fingerprint density at radius 3 is 2.20 bits per heavy atom. The maximum absolute atomic E-state index is 12.3. The third-order valence-corrected chi connectivity index (χ3v) is 4.56. The second-order valence-electron chi connectivity index (χ2n) is 8.16. The van der Waals surface area contributed by atoms with Crippen molar-refractivity contribution in [3.63, 3.8) is 0 Å². The molecule has 6 nitrogen and oxygen atoms in total. The lowest BCUT2D eigenvalue weighted by Gasteiger charge is -2.22. The lowest BCUT2D eigenvalue weighted by atomic mass is 9.86. The number of Topliss-reactive ketones (excluding diaryl/α,β-unsaturated/α-hetero) is 1. The summed E-state index contributed by atoms with van der Waals surface area (Å²) < 4.78 is 10.7. The second-order valence-corrected chi connectivity index (χ2v) is 8.16. The van der Waals surface area contributed by atoms with Gasteiger partial charge in [-0.25, -0.2) is 4.79 Å². The van der Waals surface area contributed by atoms with Crippen LogP contribution in [0.25, 0.3) is 0 Å². The van der Waals surface area contributed by atoms with Gasteiger partial charge in [0.25, 0.3) is 0 Å². The van der Waals surface area contributed by atoms with Crippen molar-refractivity contribution in [2.24, 2.45) is 0 Å². The fraction of sp³-hybridized carbons (Fsp3) is 0.375. The Labute approximate surface area is 177 Å². The smallest absolute Gasteiger partial charge is 0.344 e. The number of ketones is 1. The molecule has 2 rings (SSSR count). The van der Waals surface area contributed by atoms with Gasteiger partial charge in [0.1, 0.15) is 5.75 Å². The van der Waals surface area contributed by atoms with Crippen molar-refractivity contribution in [2.45, 2.75) is 46.1 Å². The number of amides is 1. The van der Waals surface area contributed by atoms with E-state index >= 15 is 0 Å². The Bertz CT molecular complexity index is 897. The van der Waals surface area contributed by atoms with E-state index in [2.05, 4.69) is 26.1 Å². The molecule has 0 heterocycles. The van der Waals surface area contributed by atoms with Gasteiger partial charge in [-0.1, -0.05) is 63.2 Å². The Morgan fingerprint density at radius 2 is 1.60 bits per heavy atom. The van der Waals surface area contributed by atoms with E-state index in [9.17, 15) is 14.4 Å². The highest BCUT2D eigenvalue weighted by atomic mass is 16.6. The zero-order chi connectivity index (χ0) is 22.3. The number of para-hydroxylation sites is 1. The predicted molar refractivity (Wildman–Crippen MR) is 115 cm³/mol. The standard InChI is InChI=1S/C24H29NO5/c1-16(25-17(2)26)18-10-12-19(13-11-18)21(27)14-30-23(28)15-29-22-9-7-6-8-20(22)24(3,4)5/h6-13,16H,14-15H2,1-5H3,(H,25,26)/t16-/m1/s1. The van der Waals surface area contributed by atoms with Gasteiger partial charge >= 0.3 is 5.97 Å². The normalized spacial score (nSPS) is 12.0. The Morgan fingerprint density at radius 1 is 0.967 bits per heavy atom. The molecule has 30 heavy (non-hydrogen) atoms. The molecule has 0 aliphatic rings. The van der Waals surface area contributed by atoms with E-state index in [1.165, 1.54) is 6.92 Å². The van der Waals surface area contributed by atoms with Crippen LogP contribution in [0, 0.1) is 0 Å². The van der Waals surface area contributed by atoms with Crippen LogP contribution in [-0.2, 0) is 19.7 Å². The Hall–Kier alpha value is -3.15. The van der Waals surface area contributed by atoms with Crippen molar-refractivity contribution in [3.8, 4) is 5.75 Å². The van der Waals surface area contributed by atoms with E-state index in [1.807, 2.05) is 31.2 Å². The van der Waals surface area contributed by atoms with Gasteiger partial charge in [0.05, 0.1) is 6.04 Å². The molecule has 160 valence electrons. The lowest BCUT2D eigenvalue weighted by molar-refractivity contribution is -0.144. The second kappa shape index (κ2) is 10.1. The molecule has 1 amide bonds. The zero-order valence-electron chi connectivity index (χ0n) is 18.2. The topological polar surface area (TPSA) is 81.7 Å². The molecule has 0 radical (unpaired) electrons. The summed E-state index contributed by atoms with van der Waals surface area (Å²) in [5.41, 5.74) is 2.17. The molecule has 0 unspecified atom stereocenters. The van der Waals surface area contributed by atoms with Crippen LogP contribution in [-0.4, -0.2) is 30.9 Å². The summed E-state index contributed by atoms with van der Waals surface area (Å²) in [7, 11) is 0. The van der Waals surface area contributed by atoms with E-state index in [-0.39, 0.29) is 36.4 Å². The fourth-order valence-corrected chi connectivity index (χ4v) is 2.97. The van der Waals surface area contributed by atoms with Crippen molar-refractivity contribution in [2.75, 3.05) is 13.2 Å². The average molecular weight is 411 g/mol. The lowest BCUT2D eigenvalue weighted by Crippen LogP contribution is -2.23. The highest BCUT2D eigenvalue weighted by Crippen LogP contribution is 2.30. The molecule has 1 N–H and O–H groups in total. The predicted octanol–water partition coefficient (Wildman–Crippen LogP) is 3.99. The van der Waals surface area contributed by atoms with Crippen molar-refractivity contribution in [1.29, 1.82) is 0 Å². The molecule has 0 bridgehead atoms.